The minimum absolute atomic E-state index is 0.0220. The Morgan fingerprint density at radius 2 is 2.31 bits per heavy atom. The van der Waals surface area contributed by atoms with Gasteiger partial charge in [0.2, 0.25) is 11.8 Å². The molecule has 2 fully saturated rings. The number of carbonyl (C=O) groups is 1. The van der Waals surface area contributed by atoms with E-state index >= 15 is 0 Å². The van der Waals surface area contributed by atoms with Gasteiger partial charge in [-0.1, -0.05) is 11.2 Å². The Morgan fingerprint density at radius 3 is 3.08 bits per heavy atom. The van der Waals surface area contributed by atoms with Crippen LogP contribution in [0.1, 0.15) is 23.0 Å². The summed E-state index contributed by atoms with van der Waals surface area (Å²) >= 11 is 1.80. The van der Waals surface area contributed by atoms with E-state index in [1.165, 1.54) is 4.88 Å². The van der Waals surface area contributed by atoms with Gasteiger partial charge in [-0.3, -0.25) is 9.69 Å². The van der Waals surface area contributed by atoms with Crippen LogP contribution in [-0.2, 0) is 22.5 Å². The molecule has 1 amide bonds. The van der Waals surface area contributed by atoms with Crippen molar-refractivity contribution in [2.24, 2.45) is 5.41 Å². The van der Waals surface area contributed by atoms with Crippen LogP contribution in [0.25, 0.3) is 0 Å². The van der Waals surface area contributed by atoms with Gasteiger partial charge in [-0.15, -0.1) is 11.3 Å². The van der Waals surface area contributed by atoms with Crippen LogP contribution < -0.4 is 0 Å². The number of likely N-dealkylation sites (tertiary alicyclic amines) is 1. The summed E-state index contributed by atoms with van der Waals surface area (Å²) in [5.74, 6) is 0.983. The molecule has 8 heteroatoms. The van der Waals surface area contributed by atoms with Crippen molar-refractivity contribution in [1.82, 2.24) is 19.9 Å². The maximum Gasteiger partial charge on any atom is 0.236 e. The van der Waals surface area contributed by atoms with Crippen molar-refractivity contribution < 1.29 is 14.1 Å². The van der Waals surface area contributed by atoms with Gasteiger partial charge in [0.1, 0.15) is 6.42 Å². The lowest BCUT2D eigenvalue weighted by Crippen LogP contribution is -2.43. The smallest absolute Gasteiger partial charge is 0.236 e. The second-order valence-electron chi connectivity index (χ2n) is 7.32. The average molecular weight is 376 g/mol. The predicted octanol–water partition coefficient (Wildman–Crippen LogP) is 1.73. The fourth-order valence-corrected chi connectivity index (χ4v) is 4.64. The Hall–Kier alpha value is -1.77. The van der Waals surface area contributed by atoms with E-state index in [-0.39, 0.29) is 17.7 Å². The van der Waals surface area contributed by atoms with Crippen LogP contribution in [0.2, 0.25) is 0 Å². The molecule has 0 aliphatic carbocycles. The van der Waals surface area contributed by atoms with Gasteiger partial charge in [-0.05, 0) is 31.3 Å². The van der Waals surface area contributed by atoms with E-state index in [4.69, 9.17) is 9.26 Å². The molecule has 0 saturated carbocycles. The van der Waals surface area contributed by atoms with Crippen LogP contribution in [0.5, 0.6) is 0 Å². The highest BCUT2D eigenvalue weighted by molar-refractivity contribution is 7.09. The summed E-state index contributed by atoms with van der Waals surface area (Å²) in [6.07, 6.45) is 1.22. The first-order valence-corrected chi connectivity index (χ1v) is 9.89. The molecular formula is C18H24N4O3S. The molecular weight excluding hydrogens is 352 g/mol. The predicted molar refractivity (Wildman–Crippen MR) is 96.8 cm³/mol. The topological polar surface area (TPSA) is 71.7 Å². The summed E-state index contributed by atoms with van der Waals surface area (Å²) < 4.78 is 11.0. The highest BCUT2D eigenvalue weighted by Gasteiger charge is 2.42. The molecule has 0 radical (unpaired) electrons. The Bertz CT molecular complexity index is 747. The monoisotopic (exact) mass is 376 g/mol. The Kier molecular flexibility index (Phi) is 5.06. The second kappa shape index (κ2) is 7.46. The van der Waals surface area contributed by atoms with Gasteiger partial charge in [-0.25, -0.2) is 0 Å². The molecule has 1 atom stereocenters. The summed E-state index contributed by atoms with van der Waals surface area (Å²) in [5.41, 5.74) is 0.0220. The van der Waals surface area contributed by atoms with Crippen LogP contribution in [-0.4, -0.2) is 65.2 Å². The van der Waals surface area contributed by atoms with Crippen molar-refractivity contribution >= 4 is 17.2 Å². The lowest BCUT2D eigenvalue weighted by molar-refractivity contribution is -0.131. The van der Waals surface area contributed by atoms with Gasteiger partial charge in [-0.2, -0.15) is 4.98 Å². The van der Waals surface area contributed by atoms with Gasteiger partial charge in [0.25, 0.3) is 0 Å². The number of thiophene rings is 1. The molecule has 2 saturated heterocycles. The molecule has 2 aliphatic rings. The molecule has 0 N–H and O–H groups in total. The van der Waals surface area contributed by atoms with E-state index in [2.05, 4.69) is 32.6 Å². The zero-order chi connectivity index (χ0) is 18.0. The van der Waals surface area contributed by atoms with Crippen LogP contribution in [0, 0.1) is 12.3 Å². The fraction of sp³-hybridized carbons (Fsp3) is 0.611. The third kappa shape index (κ3) is 3.97. The van der Waals surface area contributed by atoms with E-state index < -0.39 is 0 Å². The number of hydrogen-bond donors (Lipinski definition) is 0. The SMILES string of the molecule is Cc1noc(CC(=O)N2CCOCC3(CCN(Cc4cccs4)C3)C2)n1. The van der Waals surface area contributed by atoms with Crippen LogP contribution in [0.3, 0.4) is 0 Å². The molecule has 0 bridgehead atoms. The molecule has 7 nitrogen and oxygen atoms in total. The van der Waals surface area contributed by atoms with Gasteiger partial charge in [0, 0.05) is 36.5 Å². The van der Waals surface area contributed by atoms with Gasteiger partial charge >= 0.3 is 0 Å². The standard InChI is InChI=1S/C18H24N4O3S/c1-14-19-16(25-20-14)9-17(23)22-6-7-24-13-18(12-22)4-5-21(11-18)10-15-3-2-8-26-15/h2-3,8H,4-7,9-13H2,1H3. The number of ether oxygens (including phenoxy) is 1. The number of rotatable bonds is 4. The van der Waals surface area contributed by atoms with E-state index in [0.717, 1.165) is 39.2 Å². The lowest BCUT2D eigenvalue weighted by atomic mass is 9.87. The molecule has 2 aliphatic heterocycles. The van der Waals surface area contributed by atoms with Crippen molar-refractivity contribution in [3.05, 3.63) is 34.1 Å². The number of nitrogens with zero attached hydrogens (tertiary/aromatic N) is 4. The van der Waals surface area contributed by atoms with Crippen LogP contribution in [0.4, 0.5) is 0 Å². The first kappa shape index (κ1) is 17.6. The van der Waals surface area contributed by atoms with E-state index in [9.17, 15) is 4.79 Å². The number of aryl methyl sites for hydroxylation is 1. The summed E-state index contributed by atoms with van der Waals surface area (Å²) in [6.45, 7) is 7.42. The molecule has 4 rings (SSSR count). The van der Waals surface area contributed by atoms with Crippen molar-refractivity contribution in [1.29, 1.82) is 0 Å². The molecule has 0 aromatic carbocycles. The number of hydrogen-bond acceptors (Lipinski definition) is 7. The van der Waals surface area contributed by atoms with Gasteiger partial charge in [0.15, 0.2) is 5.82 Å². The summed E-state index contributed by atoms with van der Waals surface area (Å²) in [7, 11) is 0. The summed E-state index contributed by atoms with van der Waals surface area (Å²) in [4.78, 5) is 22.7. The van der Waals surface area contributed by atoms with Crippen LogP contribution >= 0.6 is 11.3 Å². The lowest BCUT2D eigenvalue weighted by Gasteiger charge is -2.31. The molecule has 1 unspecified atom stereocenters. The fourth-order valence-electron chi connectivity index (χ4n) is 3.89. The minimum atomic E-state index is 0.0220. The zero-order valence-corrected chi connectivity index (χ0v) is 15.8. The zero-order valence-electron chi connectivity index (χ0n) is 15.0. The third-order valence-electron chi connectivity index (χ3n) is 5.14. The molecule has 1 spiro atoms. The van der Waals surface area contributed by atoms with Crippen molar-refractivity contribution in [3.8, 4) is 0 Å². The highest BCUT2D eigenvalue weighted by atomic mass is 32.1. The molecule has 2 aromatic heterocycles. The molecule has 140 valence electrons. The average Bonchev–Trinajstić information content (AvgIpc) is 3.31. The minimum Gasteiger partial charge on any atom is -0.379 e. The van der Waals surface area contributed by atoms with E-state index in [1.54, 1.807) is 18.3 Å². The number of amides is 1. The highest BCUT2D eigenvalue weighted by Crippen LogP contribution is 2.34. The quantitative estimate of drug-likeness (QED) is 0.809. The normalized spacial score (nSPS) is 24.3. The Morgan fingerprint density at radius 1 is 1.38 bits per heavy atom. The van der Waals surface area contributed by atoms with E-state index in [1.807, 2.05) is 4.90 Å². The number of aromatic nitrogens is 2. The Labute approximate surface area is 156 Å². The van der Waals surface area contributed by atoms with Crippen LogP contribution in [0.15, 0.2) is 22.0 Å². The maximum atomic E-state index is 12.7. The van der Waals surface area contributed by atoms with Gasteiger partial charge in [0.05, 0.1) is 13.2 Å². The molecule has 2 aromatic rings. The van der Waals surface area contributed by atoms with Crippen molar-refractivity contribution in [3.63, 3.8) is 0 Å². The second-order valence-corrected chi connectivity index (χ2v) is 8.35. The molecule has 26 heavy (non-hydrogen) atoms. The van der Waals surface area contributed by atoms with Crippen molar-refractivity contribution in [2.45, 2.75) is 26.3 Å². The van der Waals surface area contributed by atoms with Crippen molar-refractivity contribution in [2.75, 3.05) is 39.4 Å². The first-order valence-electron chi connectivity index (χ1n) is 9.01. The third-order valence-corrected chi connectivity index (χ3v) is 6.00. The summed E-state index contributed by atoms with van der Waals surface area (Å²) in [5, 5.41) is 5.88. The largest absolute Gasteiger partial charge is 0.379 e. The van der Waals surface area contributed by atoms with Gasteiger partial charge < -0.3 is 14.2 Å². The number of carbonyl (C=O) groups excluding carboxylic acids is 1. The van der Waals surface area contributed by atoms with E-state index in [0.29, 0.717) is 24.9 Å². The maximum absolute atomic E-state index is 12.7. The summed E-state index contributed by atoms with van der Waals surface area (Å²) in [6, 6.07) is 4.28. The Balaban J connectivity index is 1.40. The molecule has 4 heterocycles. The first-order chi connectivity index (χ1) is 12.6.